The first kappa shape index (κ1) is 33.5. The van der Waals surface area contributed by atoms with Crippen molar-refractivity contribution in [3.8, 4) is 45.5 Å². The summed E-state index contributed by atoms with van der Waals surface area (Å²) in [5, 5.41) is 5.32. The Morgan fingerprint density at radius 1 is 0.500 bits per heavy atom. The molecular weight excluding hydrogens is 711 g/mol. The molecule has 274 valence electrons. The maximum atomic E-state index is 7.24. The van der Waals surface area contributed by atoms with Gasteiger partial charge in [-0.2, -0.15) is 9.97 Å². The average Bonchev–Trinajstić information content (AvgIpc) is 3.94. The summed E-state index contributed by atoms with van der Waals surface area (Å²) in [5.41, 5.74) is 11.8. The molecule has 0 fully saturated rings. The fraction of sp³-hybridized carbons (Fsp3) is 0.0192. The molecule has 6 nitrogen and oxygen atoms in total. The van der Waals surface area contributed by atoms with Gasteiger partial charge in [-0.3, -0.25) is 4.57 Å². The topological polar surface area (TPSA) is 61.7 Å². The van der Waals surface area contributed by atoms with Crippen LogP contribution in [0.2, 0.25) is 0 Å². The highest BCUT2D eigenvalue weighted by Gasteiger charge is 2.25. The second-order valence-electron chi connectivity index (χ2n) is 14.5. The first-order valence-electron chi connectivity index (χ1n) is 19.4. The van der Waals surface area contributed by atoms with E-state index in [1.165, 1.54) is 5.56 Å². The number of benzene rings is 7. The van der Waals surface area contributed by atoms with Gasteiger partial charge in [0.05, 0.1) is 11.0 Å². The summed E-state index contributed by atoms with van der Waals surface area (Å²) in [6, 6.07) is 56.6. The molecular formula is C52H35N5O. The summed E-state index contributed by atoms with van der Waals surface area (Å²) in [4.78, 5) is 15.6. The average molecular weight is 746 g/mol. The quantitative estimate of drug-likeness (QED) is 0.152. The van der Waals surface area contributed by atoms with E-state index in [1.54, 1.807) is 0 Å². The first-order valence-corrected chi connectivity index (χ1v) is 19.4. The van der Waals surface area contributed by atoms with Crippen LogP contribution in [0.15, 0.2) is 187 Å². The second kappa shape index (κ2) is 13.4. The van der Waals surface area contributed by atoms with Gasteiger partial charge in [-0.25, -0.2) is 4.98 Å². The van der Waals surface area contributed by atoms with Crippen LogP contribution in [-0.2, 0) is 0 Å². The molecule has 4 heterocycles. The lowest BCUT2D eigenvalue weighted by atomic mass is 10.0. The summed E-state index contributed by atoms with van der Waals surface area (Å²) in [6.45, 7) is 6.12. The Balaban J connectivity index is 1.23. The van der Waals surface area contributed by atoms with E-state index in [-0.39, 0.29) is 0 Å². The molecule has 0 amide bonds. The fourth-order valence-corrected chi connectivity index (χ4v) is 8.47. The predicted octanol–water partition coefficient (Wildman–Crippen LogP) is 13.3. The van der Waals surface area contributed by atoms with E-state index in [4.69, 9.17) is 19.4 Å². The lowest BCUT2D eigenvalue weighted by Crippen LogP contribution is -2.06. The molecule has 0 bridgehead atoms. The van der Waals surface area contributed by atoms with E-state index in [9.17, 15) is 0 Å². The zero-order valence-electron chi connectivity index (χ0n) is 31.7. The Morgan fingerprint density at radius 2 is 1.07 bits per heavy atom. The van der Waals surface area contributed by atoms with Crippen LogP contribution in [0.1, 0.15) is 11.3 Å². The Kier molecular flexibility index (Phi) is 7.76. The molecule has 11 rings (SSSR count). The minimum Gasteiger partial charge on any atom is -0.452 e. The number of nitrogens with zero attached hydrogens (tertiary/aromatic N) is 5. The van der Waals surface area contributed by atoms with Crippen molar-refractivity contribution in [2.24, 2.45) is 0 Å². The summed E-state index contributed by atoms with van der Waals surface area (Å²) in [5.74, 6) is 1.69. The van der Waals surface area contributed by atoms with Crippen LogP contribution >= 0.6 is 0 Å². The van der Waals surface area contributed by atoms with Crippen molar-refractivity contribution in [1.82, 2.24) is 24.1 Å². The van der Waals surface area contributed by atoms with E-state index in [1.807, 2.05) is 54.6 Å². The normalized spacial score (nSPS) is 11.9. The van der Waals surface area contributed by atoms with Gasteiger partial charge >= 0.3 is 0 Å². The molecule has 0 aliphatic carbocycles. The molecule has 0 spiro atoms. The molecule has 58 heavy (non-hydrogen) atoms. The van der Waals surface area contributed by atoms with Gasteiger partial charge in [-0.1, -0.05) is 146 Å². The Labute approximate surface area is 334 Å². The minimum absolute atomic E-state index is 0.513. The number of fused-ring (bicyclic) bond motifs is 9. The van der Waals surface area contributed by atoms with Crippen molar-refractivity contribution in [1.29, 1.82) is 0 Å². The number of para-hydroxylation sites is 2. The van der Waals surface area contributed by atoms with Crippen LogP contribution in [0, 0.1) is 6.92 Å². The molecule has 0 atom stereocenters. The number of hydrogen-bond acceptors (Lipinski definition) is 4. The van der Waals surface area contributed by atoms with Gasteiger partial charge in [0.1, 0.15) is 5.52 Å². The number of aromatic nitrogens is 5. The standard InChI is InChI=1S/C52H35N5O/c1-3-4-26-44-33(2)39-28-30-42-43-31-29-41-40-25-14-15-27-45(40)57(47(41)49(43)58-48(42)46(39)56(44)38-23-12-7-13-24-38)52-54-50(35-19-10-6-11-20-35)53-51(55-52)37-22-16-21-36(32-37)34-17-8-5-9-18-34/h3-32H,1H2,2H3/b26-4-. The summed E-state index contributed by atoms with van der Waals surface area (Å²) < 4.78 is 11.7. The van der Waals surface area contributed by atoms with E-state index in [2.05, 4.69) is 150 Å². The summed E-state index contributed by atoms with van der Waals surface area (Å²) in [7, 11) is 0. The van der Waals surface area contributed by atoms with Crippen molar-refractivity contribution < 1.29 is 4.42 Å². The monoisotopic (exact) mass is 745 g/mol. The summed E-state index contributed by atoms with van der Waals surface area (Å²) in [6.07, 6.45) is 5.93. The zero-order chi connectivity index (χ0) is 38.7. The van der Waals surface area contributed by atoms with Crippen molar-refractivity contribution in [3.63, 3.8) is 0 Å². The predicted molar refractivity (Wildman–Crippen MR) is 239 cm³/mol. The molecule has 0 aliphatic heterocycles. The minimum atomic E-state index is 0.513. The number of aryl methyl sites for hydroxylation is 1. The largest absolute Gasteiger partial charge is 0.452 e. The highest BCUT2D eigenvalue weighted by atomic mass is 16.3. The van der Waals surface area contributed by atoms with Gasteiger partial charge in [0.15, 0.2) is 22.8 Å². The Morgan fingerprint density at radius 3 is 1.79 bits per heavy atom. The Bertz CT molecular complexity index is 3410. The number of rotatable bonds is 7. The van der Waals surface area contributed by atoms with Crippen LogP contribution in [0.25, 0.3) is 106 Å². The van der Waals surface area contributed by atoms with Gasteiger partial charge in [0.25, 0.3) is 0 Å². The van der Waals surface area contributed by atoms with Gasteiger partial charge in [0.2, 0.25) is 5.95 Å². The van der Waals surface area contributed by atoms with Gasteiger partial charge in [-0.15, -0.1) is 0 Å². The van der Waals surface area contributed by atoms with E-state index in [0.29, 0.717) is 17.6 Å². The molecule has 7 aromatic carbocycles. The Hall–Kier alpha value is -7.83. The molecule has 6 heteroatoms. The highest BCUT2D eigenvalue weighted by Crippen LogP contribution is 2.44. The second-order valence-corrected chi connectivity index (χ2v) is 14.5. The van der Waals surface area contributed by atoms with E-state index in [0.717, 1.165) is 88.3 Å². The van der Waals surface area contributed by atoms with Crippen LogP contribution in [0.4, 0.5) is 0 Å². The third kappa shape index (κ3) is 5.23. The molecule has 0 saturated heterocycles. The van der Waals surface area contributed by atoms with Crippen LogP contribution in [0.5, 0.6) is 0 Å². The molecule has 0 unspecified atom stereocenters. The van der Waals surface area contributed by atoms with Crippen LogP contribution in [-0.4, -0.2) is 24.1 Å². The highest BCUT2D eigenvalue weighted by molar-refractivity contribution is 6.24. The maximum Gasteiger partial charge on any atom is 0.238 e. The van der Waals surface area contributed by atoms with Crippen LogP contribution < -0.4 is 0 Å². The number of allylic oxidation sites excluding steroid dienone is 2. The number of furan rings is 1. The SMILES string of the molecule is C=C/C=C\c1c(C)c2ccc3c4ccc5c6ccccc6n(-c6nc(-c7ccccc7)nc(-c7cccc(-c8ccccc8)c7)n6)c5c4oc3c2n1-c1ccccc1. The lowest BCUT2D eigenvalue weighted by Gasteiger charge is -2.11. The fourth-order valence-electron chi connectivity index (χ4n) is 8.47. The van der Waals surface area contributed by atoms with Gasteiger partial charge in [0, 0.05) is 49.4 Å². The maximum absolute atomic E-state index is 7.24. The molecule has 0 saturated carbocycles. The number of hydrogen-bond donors (Lipinski definition) is 0. The van der Waals surface area contributed by atoms with Gasteiger partial charge in [-0.05, 0) is 66.1 Å². The first-order chi connectivity index (χ1) is 28.7. The smallest absolute Gasteiger partial charge is 0.238 e. The molecule has 11 aromatic rings. The van der Waals surface area contributed by atoms with Crippen molar-refractivity contribution >= 4 is 60.7 Å². The third-order valence-electron chi connectivity index (χ3n) is 11.2. The zero-order valence-corrected chi connectivity index (χ0v) is 31.7. The third-order valence-corrected chi connectivity index (χ3v) is 11.2. The molecule has 4 aromatic heterocycles. The molecule has 0 N–H and O–H groups in total. The summed E-state index contributed by atoms with van der Waals surface area (Å²) >= 11 is 0. The van der Waals surface area contributed by atoms with E-state index >= 15 is 0 Å². The van der Waals surface area contributed by atoms with Crippen molar-refractivity contribution in [2.45, 2.75) is 6.92 Å². The van der Waals surface area contributed by atoms with Crippen molar-refractivity contribution in [2.75, 3.05) is 0 Å². The van der Waals surface area contributed by atoms with Gasteiger partial charge < -0.3 is 8.98 Å². The van der Waals surface area contributed by atoms with Crippen LogP contribution in [0.3, 0.4) is 0 Å². The van der Waals surface area contributed by atoms with Crippen molar-refractivity contribution in [3.05, 3.63) is 194 Å². The molecule has 0 radical (unpaired) electrons. The molecule has 0 aliphatic rings. The lowest BCUT2D eigenvalue weighted by molar-refractivity contribution is 0.672. The van der Waals surface area contributed by atoms with E-state index < -0.39 is 0 Å².